The number of aromatic nitrogens is 1. The van der Waals surface area contributed by atoms with Gasteiger partial charge in [0.05, 0.1) is 11.8 Å². The summed E-state index contributed by atoms with van der Waals surface area (Å²) in [6, 6.07) is 14.5. The summed E-state index contributed by atoms with van der Waals surface area (Å²) in [6.07, 6.45) is 0.710. The van der Waals surface area contributed by atoms with E-state index in [4.69, 9.17) is 5.73 Å². The van der Waals surface area contributed by atoms with E-state index < -0.39 is 11.6 Å². The summed E-state index contributed by atoms with van der Waals surface area (Å²) in [4.78, 5) is 16.7. The number of carbonyl (C=O) groups excluding carboxylic acids is 1. The van der Waals surface area contributed by atoms with Crippen LogP contribution in [0.5, 0.6) is 0 Å². The van der Waals surface area contributed by atoms with Gasteiger partial charge >= 0.3 is 0 Å². The van der Waals surface area contributed by atoms with Gasteiger partial charge in [-0.1, -0.05) is 36.4 Å². The smallest absolute Gasteiger partial charge is 0.165 e. The van der Waals surface area contributed by atoms with Gasteiger partial charge in [0.2, 0.25) is 0 Å². The molecule has 1 unspecified atom stereocenters. The van der Waals surface area contributed by atoms with Gasteiger partial charge in [-0.25, -0.2) is 0 Å². The second-order valence-electron chi connectivity index (χ2n) is 4.85. The third kappa shape index (κ3) is 2.76. The van der Waals surface area contributed by atoms with Crippen molar-refractivity contribution in [3.05, 3.63) is 66.0 Å². The molecule has 0 saturated carbocycles. The third-order valence-corrected chi connectivity index (χ3v) is 3.42. The fraction of sp³-hybridized carbons (Fsp3) is 0.250. The molecule has 0 saturated heterocycles. The van der Waals surface area contributed by atoms with Crippen molar-refractivity contribution in [1.82, 2.24) is 4.98 Å². The number of rotatable bonds is 5. The lowest BCUT2D eigenvalue weighted by Gasteiger charge is -2.30. The highest BCUT2D eigenvalue weighted by molar-refractivity contribution is 5.91. The number of Topliss-reactive ketones (excluding diaryl/α,β-unsaturated/α-hetero) is 1. The van der Waals surface area contributed by atoms with E-state index in [1.54, 1.807) is 24.4 Å². The molecular weight excluding hydrogens is 252 g/mol. The quantitative estimate of drug-likeness (QED) is 0.861. The monoisotopic (exact) mass is 270 g/mol. The van der Waals surface area contributed by atoms with Crippen molar-refractivity contribution in [2.45, 2.75) is 25.0 Å². The molecule has 0 radical (unpaired) electrons. The van der Waals surface area contributed by atoms with Crippen LogP contribution in [0, 0.1) is 0 Å². The number of ketones is 1. The first-order valence-electron chi connectivity index (χ1n) is 6.51. The Morgan fingerprint density at radius 1 is 1.25 bits per heavy atom. The normalized spacial score (nSPS) is 15.3. The molecule has 3 N–H and O–H groups in total. The highest BCUT2D eigenvalue weighted by Crippen LogP contribution is 2.23. The first-order chi connectivity index (χ1) is 9.55. The third-order valence-electron chi connectivity index (χ3n) is 3.42. The highest BCUT2D eigenvalue weighted by atomic mass is 16.3. The van der Waals surface area contributed by atoms with Gasteiger partial charge in [-0.15, -0.1) is 0 Å². The van der Waals surface area contributed by atoms with Crippen LogP contribution in [0.4, 0.5) is 0 Å². The highest BCUT2D eigenvalue weighted by Gasteiger charge is 2.41. The van der Waals surface area contributed by atoms with Gasteiger partial charge in [-0.2, -0.15) is 0 Å². The minimum atomic E-state index is -1.49. The molecule has 2 aromatic rings. The Kier molecular flexibility index (Phi) is 4.27. The average Bonchev–Trinajstić information content (AvgIpc) is 2.48. The van der Waals surface area contributed by atoms with Gasteiger partial charge in [0.15, 0.2) is 5.78 Å². The van der Waals surface area contributed by atoms with Crippen molar-refractivity contribution >= 4 is 5.78 Å². The number of aliphatic hydroxyl groups excluding tert-OH is 1. The van der Waals surface area contributed by atoms with Crippen LogP contribution in [-0.2, 0) is 16.8 Å². The molecule has 2 atom stereocenters. The fourth-order valence-electron chi connectivity index (χ4n) is 2.12. The summed E-state index contributed by atoms with van der Waals surface area (Å²) in [7, 11) is 0. The molecule has 20 heavy (non-hydrogen) atoms. The molecule has 0 bridgehead atoms. The predicted octanol–water partition coefficient (Wildman–Crippen LogP) is 1.43. The van der Waals surface area contributed by atoms with Gasteiger partial charge in [-0.05, 0) is 24.6 Å². The zero-order chi connectivity index (χ0) is 14.6. The zero-order valence-electron chi connectivity index (χ0n) is 11.4. The van der Waals surface area contributed by atoms with Gasteiger partial charge in [-0.3, -0.25) is 9.78 Å². The summed E-state index contributed by atoms with van der Waals surface area (Å²) in [5.74, 6) is -0.252. The van der Waals surface area contributed by atoms with Gasteiger partial charge in [0.1, 0.15) is 5.54 Å². The first-order valence-corrected chi connectivity index (χ1v) is 6.51. The topological polar surface area (TPSA) is 76.2 Å². The molecule has 2 rings (SSSR count). The zero-order valence-corrected chi connectivity index (χ0v) is 11.4. The number of nitrogens with zero attached hydrogens (tertiary/aromatic N) is 1. The van der Waals surface area contributed by atoms with Crippen LogP contribution >= 0.6 is 0 Å². The molecule has 0 aliphatic carbocycles. The van der Waals surface area contributed by atoms with Crippen molar-refractivity contribution in [2.24, 2.45) is 5.73 Å². The molecular formula is C16H18N2O2. The van der Waals surface area contributed by atoms with E-state index in [2.05, 4.69) is 4.98 Å². The summed E-state index contributed by atoms with van der Waals surface area (Å²) in [5.41, 5.74) is 5.95. The number of benzene rings is 1. The van der Waals surface area contributed by atoms with Crippen LogP contribution in [0.1, 0.15) is 18.2 Å². The molecule has 104 valence electrons. The molecule has 4 heteroatoms. The molecule has 0 spiro atoms. The van der Waals surface area contributed by atoms with Crippen LogP contribution in [0.2, 0.25) is 0 Å². The minimum absolute atomic E-state index is 0.165. The molecule has 1 aromatic heterocycles. The Hall–Kier alpha value is -2.04. The number of hydrogen-bond acceptors (Lipinski definition) is 4. The van der Waals surface area contributed by atoms with Crippen molar-refractivity contribution in [3.8, 4) is 0 Å². The van der Waals surface area contributed by atoms with Crippen LogP contribution in [-0.4, -0.2) is 22.0 Å². The number of carbonyl (C=O) groups is 1. The maximum absolute atomic E-state index is 12.6. The van der Waals surface area contributed by atoms with Gasteiger partial charge in [0, 0.05) is 12.6 Å². The Balaban J connectivity index is 2.32. The van der Waals surface area contributed by atoms with Crippen LogP contribution in [0.3, 0.4) is 0 Å². The maximum atomic E-state index is 12.6. The lowest BCUT2D eigenvalue weighted by molar-refractivity contribution is -0.127. The molecule has 0 aliphatic heterocycles. The Labute approximate surface area is 118 Å². The summed E-state index contributed by atoms with van der Waals surface area (Å²) >= 11 is 0. The molecule has 4 nitrogen and oxygen atoms in total. The fourth-order valence-corrected chi connectivity index (χ4v) is 2.12. The number of aliphatic hydroxyl groups is 1. The van der Waals surface area contributed by atoms with Crippen LogP contribution in [0.15, 0.2) is 54.7 Å². The van der Waals surface area contributed by atoms with Gasteiger partial charge < -0.3 is 10.8 Å². The SMILES string of the molecule is CC(O)[C@](N)(C(=O)Cc1ccccc1)c1ccccn1. The molecule has 1 heterocycles. The lowest BCUT2D eigenvalue weighted by atomic mass is 9.83. The van der Waals surface area contributed by atoms with E-state index in [0.717, 1.165) is 5.56 Å². The summed E-state index contributed by atoms with van der Waals surface area (Å²) in [6.45, 7) is 1.51. The second-order valence-corrected chi connectivity index (χ2v) is 4.85. The predicted molar refractivity (Wildman–Crippen MR) is 76.9 cm³/mol. The molecule has 0 fully saturated rings. The maximum Gasteiger partial charge on any atom is 0.165 e. The largest absolute Gasteiger partial charge is 0.391 e. The number of hydrogen-bond donors (Lipinski definition) is 2. The molecule has 1 aromatic carbocycles. The molecule has 0 aliphatic rings. The van der Waals surface area contributed by atoms with Crippen molar-refractivity contribution < 1.29 is 9.90 Å². The van der Waals surface area contributed by atoms with Crippen LogP contribution < -0.4 is 5.73 Å². The Morgan fingerprint density at radius 3 is 2.45 bits per heavy atom. The van der Waals surface area contributed by atoms with E-state index in [1.807, 2.05) is 30.3 Å². The summed E-state index contributed by atoms with van der Waals surface area (Å²) < 4.78 is 0. The van der Waals surface area contributed by atoms with E-state index in [9.17, 15) is 9.90 Å². The number of pyridine rings is 1. The number of nitrogens with two attached hydrogens (primary N) is 1. The van der Waals surface area contributed by atoms with Crippen molar-refractivity contribution in [2.75, 3.05) is 0 Å². The van der Waals surface area contributed by atoms with Crippen LogP contribution in [0.25, 0.3) is 0 Å². The van der Waals surface area contributed by atoms with E-state index in [1.165, 1.54) is 6.92 Å². The summed E-state index contributed by atoms with van der Waals surface area (Å²) in [5, 5.41) is 9.99. The average molecular weight is 270 g/mol. The van der Waals surface area contributed by atoms with E-state index in [-0.39, 0.29) is 12.2 Å². The van der Waals surface area contributed by atoms with Gasteiger partial charge in [0.25, 0.3) is 0 Å². The minimum Gasteiger partial charge on any atom is -0.391 e. The Bertz CT molecular complexity index is 570. The Morgan fingerprint density at radius 2 is 1.90 bits per heavy atom. The van der Waals surface area contributed by atoms with Crippen molar-refractivity contribution in [3.63, 3.8) is 0 Å². The second kappa shape index (κ2) is 5.94. The van der Waals surface area contributed by atoms with E-state index >= 15 is 0 Å². The standard InChI is InChI=1S/C16H18N2O2/c1-12(19)16(17,14-9-5-6-10-18-14)15(20)11-13-7-3-2-4-8-13/h2-10,12,19H,11,17H2,1H3/t12?,16-/m1/s1. The lowest BCUT2D eigenvalue weighted by Crippen LogP contribution is -2.54. The first kappa shape index (κ1) is 14.4. The van der Waals surface area contributed by atoms with E-state index in [0.29, 0.717) is 5.69 Å². The van der Waals surface area contributed by atoms with Crippen molar-refractivity contribution in [1.29, 1.82) is 0 Å². The molecule has 0 amide bonds.